The van der Waals surface area contributed by atoms with Gasteiger partial charge in [-0.15, -0.1) is 0 Å². The van der Waals surface area contributed by atoms with Crippen LogP contribution in [0.2, 0.25) is 0 Å². The van der Waals surface area contributed by atoms with Gasteiger partial charge in [0.15, 0.2) is 0 Å². The molecule has 0 atom stereocenters. The van der Waals surface area contributed by atoms with Crippen LogP contribution in [0.5, 0.6) is 0 Å². The monoisotopic (exact) mass is 332 g/mol. The van der Waals surface area contributed by atoms with Crippen LogP contribution in [0.15, 0.2) is 30.3 Å². The van der Waals surface area contributed by atoms with Gasteiger partial charge in [0.1, 0.15) is 5.54 Å². The number of carbonyl (C=O) groups excluding carboxylic acids is 2. The second-order valence-corrected chi connectivity index (χ2v) is 6.22. The maximum Gasteiger partial charge on any atom is 0.329 e. The van der Waals surface area contributed by atoms with Crippen molar-refractivity contribution in [2.24, 2.45) is 0 Å². The van der Waals surface area contributed by atoms with Crippen LogP contribution < -0.4 is 10.6 Å². The van der Waals surface area contributed by atoms with Gasteiger partial charge in [-0.1, -0.05) is 37.5 Å². The number of carboxylic acids is 1. The highest BCUT2D eigenvalue weighted by molar-refractivity contribution is 5.94. The van der Waals surface area contributed by atoms with Crippen molar-refractivity contribution in [2.45, 2.75) is 50.5 Å². The zero-order valence-corrected chi connectivity index (χ0v) is 13.7. The minimum absolute atomic E-state index is 0.176. The van der Waals surface area contributed by atoms with E-state index in [0.717, 1.165) is 19.3 Å². The Morgan fingerprint density at radius 3 is 2.33 bits per heavy atom. The van der Waals surface area contributed by atoms with E-state index in [2.05, 4.69) is 10.6 Å². The molecule has 0 saturated heterocycles. The molecule has 2 rings (SSSR count). The predicted octanol–water partition coefficient (Wildman–Crippen LogP) is 2.10. The van der Waals surface area contributed by atoms with E-state index in [0.29, 0.717) is 31.4 Å². The quantitative estimate of drug-likeness (QED) is 0.666. The van der Waals surface area contributed by atoms with Gasteiger partial charge in [0.05, 0.1) is 0 Å². The topological polar surface area (TPSA) is 95.5 Å². The Morgan fingerprint density at radius 2 is 1.71 bits per heavy atom. The Hall–Kier alpha value is -2.37. The van der Waals surface area contributed by atoms with E-state index >= 15 is 0 Å². The van der Waals surface area contributed by atoms with E-state index in [-0.39, 0.29) is 18.2 Å². The molecular weight excluding hydrogens is 308 g/mol. The Balaban J connectivity index is 1.73. The second-order valence-electron chi connectivity index (χ2n) is 6.22. The third-order valence-electron chi connectivity index (χ3n) is 4.40. The van der Waals surface area contributed by atoms with Crippen molar-refractivity contribution in [1.29, 1.82) is 0 Å². The van der Waals surface area contributed by atoms with Crippen molar-refractivity contribution >= 4 is 17.8 Å². The highest BCUT2D eigenvalue weighted by Gasteiger charge is 2.40. The van der Waals surface area contributed by atoms with Crippen LogP contribution >= 0.6 is 0 Å². The molecule has 6 heteroatoms. The molecule has 2 amide bonds. The fourth-order valence-corrected chi connectivity index (χ4v) is 3.02. The Kier molecular flexibility index (Phi) is 6.35. The smallest absolute Gasteiger partial charge is 0.329 e. The molecule has 1 aliphatic rings. The van der Waals surface area contributed by atoms with Crippen molar-refractivity contribution in [3.05, 3.63) is 35.9 Å². The summed E-state index contributed by atoms with van der Waals surface area (Å²) in [5.74, 6) is -1.40. The Labute approximate surface area is 141 Å². The zero-order valence-electron chi connectivity index (χ0n) is 13.7. The minimum atomic E-state index is -1.11. The molecule has 3 N–H and O–H groups in total. The summed E-state index contributed by atoms with van der Waals surface area (Å²) in [4.78, 5) is 35.4. The van der Waals surface area contributed by atoms with Crippen molar-refractivity contribution < 1.29 is 19.5 Å². The molecule has 0 aliphatic heterocycles. The Morgan fingerprint density at radius 1 is 1.04 bits per heavy atom. The van der Waals surface area contributed by atoms with E-state index in [1.54, 1.807) is 24.3 Å². The molecule has 1 aliphatic carbocycles. The molecule has 1 aromatic carbocycles. The van der Waals surface area contributed by atoms with Crippen molar-refractivity contribution in [1.82, 2.24) is 10.6 Å². The van der Waals surface area contributed by atoms with E-state index in [4.69, 9.17) is 0 Å². The summed E-state index contributed by atoms with van der Waals surface area (Å²) in [5.41, 5.74) is -0.531. The van der Waals surface area contributed by atoms with Crippen LogP contribution in [0, 0.1) is 0 Å². The van der Waals surface area contributed by atoms with Crippen LogP contribution in [-0.2, 0) is 9.59 Å². The van der Waals surface area contributed by atoms with Crippen LogP contribution in [0.3, 0.4) is 0 Å². The summed E-state index contributed by atoms with van der Waals surface area (Å²) < 4.78 is 0. The minimum Gasteiger partial charge on any atom is -0.480 e. The first-order chi connectivity index (χ1) is 11.5. The molecule has 0 aromatic heterocycles. The summed E-state index contributed by atoms with van der Waals surface area (Å²) in [5, 5.41) is 14.9. The number of carbonyl (C=O) groups is 3. The summed E-state index contributed by atoms with van der Waals surface area (Å²) >= 11 is 0. The van der Waals surface area contributed by atoms with Crippen LogP contribution in [-0.4, -0.2) is 35.0 Å². The van der Waals surface area contributed by atoms with Crippen molar-refractivity contribution in [3.8, 4) is 0 Å². The van der Waals surface area contributed by atoms with Gasteiger partial charge in [-0.3, -0.25) is 9.59 Å². The third kappa shape index (κ3) is 4.81. The largest absolute Gasteiger partial charge is 0.480 e. The first-order valence-electron chi connectivity index (χ1n) is 8.41. The van der Waals surface area contributed by atoms with E-state index < -0.39 is 11.5 Å². The maximum atomic E-state index is 12.0. The van der Waals surface area contributed by atoms with Gasteiger partial charge in [-0.05, 0) is 31.4 Å². The zero-order chi connectivity index (χ0) is 17.4. The lowest BCUT2D eigenvalue weighted by Gasteiger charge is -2.34. The van der Waals surface area contributed by atoms with E-state index in [1.165, 1.54) is 0 Å². The number of carboxylic acid groups (broad SMARTS) is 1. The number of aliphatic carboxylic acids is 1. The van der Waals surface area contributed by atoms with E-state index in [9.17, 15) is 19.5 Å². The molecule has 130 valence electrons. The molecule has 6 nitrogen and oxygen atoms in total. The summed E-state index contributed by atoms with van der Waals surface area (Å²) in [6.45, 7) is 0.376. The first-order valence-corrected chi connectivity index (χ1v) is 8.41. The second kappa shape index (κ2) is 8.47. The lowest BCUT2D eigenvalue weighted by Crippen LogP contribution is -2.55. The summed E-state index contributed by atoms with van der Waals surface area (Å²) in [6.07, 6.45) is 4.29. The molecule has 0 heterocycles. The number of rotatable bonds is 7. The van der Waals surface area contributed by atoms with Gasteiger partial charge in [0.25, 0.3) is 5.91 Å². The van der Waals surface area contributed by atoms with Crippen molar-refractivity contribution in [2.75, 3.05) is 6.54 Å². The number of hydrogen-bond acceptors (Lipinski definition) is 3. The number of benzene rings is 1. The molecule has 0 bridgehead atoms. The normalized spacial score (nSPS) is 16.2. The van der Waals surface area contributed by atoms with Gasteiger partial charge in [0.2, 0.25) is 5.91 Å². The van der Waals surface area contributed by atoms with Gasteiger partial charge >= 0.3 is 5.97 Å². The van der Waals surface area contributed by atoms with Crippen LogP contribution in [0.25, 0.3) is 0 Å². The molecule has 0 radical (unpaired) electrons. The Bertz CT molecular complexity index is 580. The SMILES string of the molecule is O=C(CCCNC(=O)c1ccccc1)NC1(C(=O)O)CCCCC1. The molecule has 24 heavy (non-hydrogen) atoms. The average Bonchev–Trinajstić information content (AvgIpc) is 2.60. The maximum absolute atomic E-state index is 12.0. The number of hydrogen-bond donors (Lipinski definition) is 3. The fourth-order valence-electron chi connectivity index (χ4n) is 3.02. The number of amides is 2. The van der Waals surface area contributed by atoms with Gasteiger partial charge in [-0.2, -0.15) is 0 Å². The van der Waals surface area contributed by atoms with Crippen LogP contribution in [0.1, 0.15) is 55.3 Å². The highest BCUT2D eigenvalue weighted by Crippen LogP contribution is 2.28. The molecule has 0 spiro atoms. The summed E-state index contributed by atoms with van der Waals surface area (Å²) in [7, 11) is 0. The molecule has 0 unspecified atom stereocenters. The average molecular weight is 332 g/mol. The first kappa shape index (κ1) is 18.0. The lowest BCUT2D eigenvalue weighted by atomic mass is 9.81. The van der Waals surface area contributed by atoms with Gasteiger partial charge < -0.3 is 15.7 Å². The third-order valence-corrected chi connectivity index (χ3v) is 4.40. The van der Waals surface area contributed by atoms with E-state index in [1.807, 2.05) is 6.07 Å². The molecule has 1 fully saturated rings. The lowest BCUT2D eigenvalue weighted by molar-refractivity contribution is -0.149. The summed E-state index contributed by atoms with van der Waals surface area (Å²) in [6, 6.07) is 8.86. The predicted molar refractivity (Wildman–Crippen MR) is 89.6 cm³/mol. The standard InChI is InChI=1S/C18H24N2O4/c21-15(20-18(17(23)24)11-5-2-6-12-18)10-7-13-19-16(22)14-8-3-1-4-9-14/h1,3-4,8-9H,2,5-7,10-13H2,(H,19,22)(H,20,21)(H,23,24). The fraction of sp³-hybridized carbons (Fsp3) is 0.500. The van der Waals surface area contributed by atoms with Crippen LogP contribution in [0.4, 0.5) is 0 Å². The molecule has 1 aromatic rings. The number of nitrogens with one attached hydrogen (secondary N) is 2. The molecule has 1 saturated carbocycles. The molecular formula is C18H24N2O4. The van der Waals surface area contributed by atoms with Gasteiger partial charge in [0, 0.05) is 18.5 Å². The van der Waals surface area contributed by atoms with Gasteiger partial charge in [-0.25, -0.2) is 4.79 Å². The highest BCUT2D eigenvalue weighted by atomic mass is 16.4. The van der Waals surface area contributed by atoms with Crippen molar-refractivity contribution in [3.63, 3.8) is 0 Å².